The van der Waals surface area contributed by atoms with Crippen LogP contribution in [-0.4, -0.2) is 39.5 Å². The molecule has 0 aromatic carbocycles. The van der Waals surface area contributed by atoms with E-state index in [0.717, 1.165) is 0 Å². The first kappa shape index (κ1) is 12.0. The number of nitrogens with one attached hydrogen (secondary N) is 2. The molecule has 0 aliphatic heterocycles. The van der Waals surface area contributed by atoms with Crippen LogP contribution >= 0.6 is 0 Å². The predicted molar refractivity (Wildman–Crippen MR) is 66.1 cm³/mol. The molecule has 2 aromatic rings. The highest BCUT2D eigenvalue weighted by atomic mass is 16.1. The van der Waals surface area contributed by atoms with Gasteiger partial charge >= 0.3 is 0 Å². The van der Waals surface area contributed by atoms with Gasteiger partial charge in [-0.25, -0.2) is 4.98 Å². The van der Waals surface area contributed by atoms with E-state index in [0.29, 0.717) is 24.5 Å². The lowest BCUT2D eigenvalue weighted by Gasteiger charge is -2.09. The minimum Gasteiger partial charge on any atom is -0.368 e. The fourth-order valence-corrected chi connectivity index (χ4v) is 1.50. The van der Waals surface area contributed by atoms with Gasteiger partial charge in [0.2, 0.25) is 0 Å². The molecule has 0 radical (unpaired) electrons. The molecular formula is C11H14N6O. The van der Waals surface area contributed by atoms with Gasteiger partial charge in [-0.2, -0.15) is 0 Å². The molecule has 0 bridgehead atoms. The van der Waals surface area contributed by atoms with Crippen LogP contribution in [0.25, 0.3) is 0 Å². The average Bonchev–Trinajstić information content (AvgIpc) is 2.92. The third-order valence-corrected chi connectivity index (χ3v) is 2.38. The Morgan fingerprint density at radius 2 is 2.33 bits per heavy atom. The van der Waals surface area contributed by atoms with E-state index in [1.165, 1.54) is 0 Å². The highest BCUT2D eigenvalue weighted by molar-refractivity contribution is 5.98. The second-order valence-electron chi connectivity index (χ2n) is 3.57. The highest BCUT2D eigenvalue weighted by Crippen LogP contribution is 2.10. The van der Waals surface area contributed by atoms with Crippen molar-refractivity contribution in [3.63, 3.8) is 0 Å². The van der Waals surface area contributed by atoms with Gasteiger partial charge in [0.05, 0.1) is 18.3 Å². The Kier molecular flexibility index (Phi) is 3.85. The number of nitrogens with zero attached hydrogens (tertiary/aromatic N) is 4. The average molecular weight is 246 g/mol. The molecule has 94 valence electrons. The lowest BCUT2D eigenvalue weighted by atomic mass is 10.2. The number of aromatic nitrogens is 4. The predicted octanol–water partition coefficient (Wildman–Crippen LogP) is 0.145. The lowest BCUT2D eigenvalue weighted by molar-refractivity contribution is 0.0963. The maximum Gasteiger partial charge on any atom is 0.254 e. The number of pyridine rings is 1. The zero-order valence-electron chi connectivity index (χ0n) is 10.00. The quantitative estimate of drug-likeness (QED) is 0.784. The van der Waals surface area contributed by atoms with Crippen molar-refractivity contribution in [1.82, 2.24) is 25.3 Å². The normalized spacial score (nSPS) is 10.1. The van der Waals surface area contributed by atoms with Crippen molar-refractivity contribution in [2.45, 2.75) is 6.54 Å². The minimum atomic E-state index is -0.161. The summed E-state index contributed by atoms with van der Waals surface area (Å²) >= 11 is 0. The summed E-state index contributed by atoms with van der Waals surface area (Å²) in [4.78, 5) is 15.8. The van der Waals surface area contributed by atoms with Crippen LogP contribution in [0.4, 0.5) is 5.82 Å². The van der Waals surface area contributed by atoms with Crippen molar-refractivity contribution in [1.29, 1.82) is 0 Å². The van der Waals surface area contributed by atoms with Gasteiger partial charge in [0, 0.05) is 26.0 Å². The van der Waals surface area contributed by atoms with Crippen molar-refractivity contribution < 1.29 is 4.79 Å². The van der Waals surface area contributed by atoms with Crippen LogP contribution in [0.1, 0.15) is 10.4 Å². The molecule has 0 aliphatic carbocycles. The summed E-state index contributed by atoms with van der Waals surface area (Å²) in [6.07, 6.45) is 5.04. The minimum absolute atomic E-state index is 0.161. The number of rotatable bonds is 5. The molecule has 0 saturated heterocycles. The third-order valence-electron chi connectivity index (χ3n) is 2.38. The molecular weight excluding hydrogens is 232 g/mol. The van der Waals surface area contributed by atoms with Crippen LogP contribution in [0.5, 0.6) is 0 Å². The van der Waals surface area contributed by atoms with E-state index in [9.17, 15) is 4.79 Å². The Morgan fingerprint density at radius 3 is 3.06 bits per heavy atom. The molecule has 18 heavy (non-hydrogen) atoms. The van der Waals surface area contributed by atoms with E-state index in [1.807, 2.05) is 0 Å². The van der Waals surface area contributed by atoms with Crippen LogP contribution in [0.15, 0.2) is 30.7 Å². The van der Waals surface area contributed by atoms with Gasteiger partial charge in [-0.3, -0.25) is 9.48 Å². The van der Waals surface area contributed by atoms with Crippen molar-refractivity contribution in [3.05, 3.63) is 36.3 Å². The van der Waals surface area contributed by atoms with Gasteiger partial charge in [-0.05, 0) is 12.1 Å². The molecule has 0 spiro atoms. The fraction of sp³-hybridized carbons (Fsp3) is 0.273. The van der Waals surface area contributed by atoms with Crippen LogP contribution in [0.3, 0.4) is 0 Å². The molecule has 2 rings (SSSR count). The summed E-state index contributed by atoms with van der Waals surface area (Å²) < 4.78 is 1.70. The van der Waals surface area contributed by atoms with E-state index in [1.54, 1.807) is 42.5 Å². The van der Waals surface area contributed by atoms with Gasteiger partial charge in [0.15, 0.2) is 0 Å². The number of carbonyl (C=O) groups excluding carboxylic acids is 1. The molecule has 0 saturated carbocycles. The molecule has 1 amide bonds. The first-order chi connectivity index (χ1) is 8.81. The maximum absolute atomic E-state index is 11.6. The molecule has 0 fully saturated rings. The molecule has 0 unspecified atom stereocenters. The largest absolute Gasteiger partial charge is 0.368 e. The molecule has 2 aromatic heterocycles. The van der Waals surface area contributed by atoms with Gasteiger partial charge in [0.1, 0.15) is 5.82 Å². The van der Waals surface area contributed by atoms with Crippen molar-refractivity contribution in [2.75, 3.05) is 18.9 Å². The number of hydrogen-bond acceptors (Lipinski definition) is 5. The topological polar surface area (TPSA) is 84.7 Å². The summed E-state index contributed by atoms with van der Waals surface area (Å²) in [7, 11) is 1.59. The molecule has 0 atom stereocenters. The van der Waals surface area contributed by atoms with Gasteiger partial charge in [0.25, 0.3) is 5.91 Å². The van der Waals surface area contributed by atoms with E-state index in [2.05, 4.69) is 25.9 Å². The number of amides is 1. The lowest BCUT2D eigenvalue weighted by Crippen LogP contribution is -2.21. The standard InChI is InChI=1S/C11H14N6O/c1-12-11(18)9-3-2-4-13-10(9)14-5-7-17-8-6-15-16-17/h2-4,6,8H,5,7H2,1H3,(H,12,18)(H,13,14). The van der Waals surface area contributed by atoms with Crippen molar-refractivity contribution >= 4 is 11.7 Å². The van der Waals surface area contributed by atoms with Gasteiger partial charge in [-0.1, -0.05) is 5.21 Å². The van der Waals surface area contributed by atoms with Crippen molar-refractivity contribution in [2.24, 2.45) is 0 Å². The zero-order chi connectivity index (χ0) is 12.8. The first-order valence-electron chi connectivity index (χ1n) is 5.56. The van der Waals surface area contributed by atoms with E-state index >= 15 is 0 Å². The Labute approximate surface area is 104 Å². The third kappa shape index (κ3) is 2.82. The Bertz CT molecular complexity index is 510. The molecule has 7 heteroatoms. The highest BCUT2D eigenvalue weighted by Gasteiger charge is 2.09. The van der Waals surface area contributed by atoms with Crippen LogP contribution in [0.2, 0.25) is 0 Å². The fourth-order valence-electron chi connectivity index (χ4n) is 1.50. The SMILES string of the molecule is CNC(=O)c1cccnc1NCCn1ccnn1. The second kappa shape index (κ2) is 5.76. The van der Waals surface area contributed by atoms with Gasteiger partial charge < -0.3 is 10.6 Å². The second-order valence-corrected chi connectivity index (χ2v) is 3.57. The summed E-state index contributed by atoms with van der Waals surface area (Å²) in [5.41, 5.74) is 0.526. The Morgan fingerprint density at radius 1 is 1.44 bits per heavy atom. The Balaban J connectivity index is 1.98. The molecule has 7 nitrogen and oxygen atoms in total. The van der Waals surface area contributed by atoms with Crippen LogP contribution in [0, 0.1) is 0 Å². The Hall–Kier alpha value is -2.44. The molecule has 2 heterocycles. The summed E-state index contributed by atoms with van der Waals surface area (Å²) in [6, 6.07) is 3.46. The summed E-state index contributed by atoms with van der Waals surface area (Å²) in [6.45, 7) is 1.27. The monoisotopic (exact) mass is 246 g/mol. The van der Waals surface area contributed by atoms with Crippen LogP contribution < -0.4 is 10.6 Å². The summed E-state index contributed by atoms with van der Waals surface area (Å²) in [5.74, 6) is 0.406. The zero-order valence-corrected chi connectivity index (χ0v) is 10.00. The number of hydrogen-bond donors (Lipinski definition) is 2. The maximum atomic E-state index is 11.6. The summed E-state index contributed by atoms with van der Waals surface area (Å²) in [5, 5.41) is 13.2. The van der Waals surface area contributed by atoms with Gasteiger partial charge in [-0.15, -0.1) is 5.10 Å². The van der Waals surface area contributed by atoms with Crippen LogP contribution in [-0.2, 0) is 6.54 Å². The number of carbonyl (C=O) groups is 1. The number of anilines is 1. The van der Waals surface area contributed by atoms with E-state index < -0.39 is 0 Å². The molecule has 0 aliphatic rings. The van der Waals surface area contributed by atoms with E-state index in [4.69, 9.17) is 0 Å². The smallest absolute Gasteiger partial charge is 0.254 e. The van der Waals surface area contributed by atoms with E-state index in [-0.39, 0.29) is 5.91 Å². The first-order valence-corrected chi connectivity index (χ1v) is 5.56. The molecule has 2 N–H and O–H groups in total. The van der Waals surface area contributed by atoms with Crippen molar-refractivity contribution in [3.8, 4) is 0 Å².